The maximum Gasteiger partial charge on any atom is 0.262 e. The van der Waals surface area contributed by atoms with Crippen LogP contribution in [-0.4, -0.2) is 44.9 Å². The van der Waals surface area contributed by atoms with Gasteiger partial charge in [0.1, 0.15) is 5.75 Å². The Balaban J connectivity index is 1.42. The topological polar surface area (TPSA) is 84.9 Å². The summed E-state index contributed by atoms with van der Waals surface area (Å²) < 4.78 is 40.1. The van der Waals surface area contributed by atoms with E-state index in [2.05, 4.69) is 16.8 Å². The van der Waals surface area contributed by atoms with Gasteiger partial charge in [-0.3, -0.25) is 4.79 Å². The first-order chi connectivity index (χ1) is 14.8. The van der Waals surface area contributed by atoms with Crippen LogP contribution in [0.4, 0.5) is 5.69 Å². The van der Waals surface area contributed by atoms with Gasteiger partial charge in [0.25, 0.3) is 5.91 Å². The number of fused-ring (bicyclic) bond motifs is 4. The van der Waals surface area contributed by atoms with Crippen molar-refractivity contribution in [3.63, 3.8) is 0 Å². The Kier molecular flexibility index (Phi) is 5.32. The molecule has 1 aromatic heterocycles. The molecule has 0 bridgehead atoms. The number of amides is 1. The van der Waals surface area contributed by atoms with E-state index in [1.54, 1.807) is 31.4 Å². The smallest absolute Gasteiger partial charge is 0.262 e. The molecule has 1 aromatic carbocycles. The number of likely N-dealkylation sites (N-methyl/N-ethyl adjacent to an activating group) is 1. The van der Waals surface area contributed by atoms with Crippen LogP contribution in [0.5, 0.6) is 5.75 Å². The van der Waals surface area contributed by atoms with Crippen LogP contribution < -0.4 is 10.1 Å². The van der Waals surface area contributed by atoms with Gasteiger partial charge in [-0.05, 0) is 54.5 Å². The van der Waals surface area contributed by atoms with Gasteiger partial charge in [-0.1, -0.05) is 12.8 Å². The van der Waals surface area contributed by atoms with Crippen LogP contribution >= 0.6 is 11.3 Å². The van der Waals surface area contributed by atoms with Crippen LogP contribution in [0.3, 0.4) is 0 Å². The second-order valence-electron chi connectivity index (χ2n) is 8.53. The lowest BCUT2D eigenvalue weighted by Crippen LogP contribution is -2.38. The SMILES string of the molecule is Cc1cc2c(cc1S(=O)(=O)N(C)C[C@H]1O[C@@H]3CCCC[C@@H]3c3sccc31)NC(=O)CO2. The van der Waals surface area contributed by atoms with Gasteiger partial charge < -0.3 is 14.8 Å². The number of hydrogen-bond acceptors (Lipinski definition) is 6. The fraction of sp³-hybridized carbons (Fsp3) is 0.500. The van der Waals surface area contributed by atoms with E-state index in [4.69, 9.17) is 9.47 Å². The lowest BCUT2D eigenvalue weighted by molar-refractivity contribution is -0.118. The maximum absolute atomic E-state index is 13.4. The molecule has 0 saturated heterocycles. The molecule has 166 valence electrons. The van der Waals surface area contributed by atoms with Crippen molar-refractivity contribution in [3.05, 3.63) is 39.6 Å². The van der Waals surface area contributed by atoms with Crippen LogP contribution in [0.1, 0.15) is 53.7 Å². The minimum atomic E-state index is -3.79. The van der Waals surface area contributed by atoms with Crippen molar-refractivity contribution in [3.8, 4) is 5.75 Å². The van der Waals surface area contributed by atoms with E-state index >= 15 is 0 Å². The van der Waals surface area contributed by atoms with Crippen LogP contribution in [0.2, 0.25) is 0 Å². The van der Waals surface area contributed by atoms with Crippen molar-refractivity contribution in [2.75, 3.05) is 25.5 Å². The number of carbonyl (C=O) groups is 1. The second kappa shape index (κ2) is 7.88. The summed E-state index contributed by atoms with van der Waals surface area (Å²) in [6, 6.07) is 5.23. The second-order valence-corrected chi connectivity index (χ2v) is 11.5. The summed E-state index contributed by atoms with van der Waals surface area (Å²) >= 11 is 1.76. The normalized spacial score (nSPS) is 25.3. The zero-order valence-corrected chi connectivity index (χ0v) is 19.2. The lowest BCUT2D eigenvalue weighted by atomic mass is 9.81. The molecular weight excluding hydrogens is 436 g/mol. The Morgan fingerprint density at radius 1 is 1.26 bits per heavy atom. The van der Waals surface area contributed by atoms with Gasteiger partial charge in [0.05, 0.1) is 22.8 Å². The van der Waals surface area contributed by atoms with Crippen molar-refractivity contribution in [2.24, 2.45) is 0 Å². The zero-order valence-electron chi connectivity index (χ0n) is 17.6. The minimum Gasteiger partial charge on any atom is -0.482 e. The molecule has 1 fully saturated rings. The number of hydrogen-bond donors (Lipinski definition) is 1. The molecule has 31 heavy (non-hydrogen) atoms. The summed E-state index contributed by atoms with van der Waals surface area (Å²) in [7, 11) is -2.20. The van der Waals surface area contributed by atoms with Gasteiger partial charge in [0, 0.05) is 24.4 Å². The first-order valence-corrected chi connectivity index (χ1v) is 12.9. The first kappa shape index (κ1) is 20.9. The van der Waals surface area contributed by atoms with Crippen molar-refractivity contribution in [2.45, 2.75) is 55.6 Å². The third-order valence-corrected chi connectivity index (χ3v) is 9.50. The Labute approximate surface area is 186 Å². The zero-order chi connectivity index (χ0) is 21.8. The molecule has 7 nitrogen and oxygen atoms in total. The Morgan fingerprint density at radius 3 is 2.90 bits per heavy atom. The van der Waals surface area contributed by atoms with Gasteiger partial charge in [-0.2, -0.15) is 4.31 Å². The van der Waals surface area contributed by atoms with Crippen LogP contribution in [0.25, 0.3) is 0 Å². The largest absolute Gasteiger partial charge is 0.482 e. The monoisotopic (exact) mass is 462 g/mol. The molecule has 2 aliphatic heterocycles. The van der Waals surface area contributed by atoms with Crippen LogP contribution in [0, 0.1) is 6.92 Å². The Morgan fingerprint density at radius 2 is 2.06 bits per heavy atom. The van der Waals surface area contributed by atoms with E-state index in [0.717, 1.165) is 24.8 Å². The van der Waals surface area contributed by atoms with Gasteiger partial charge in [0.2, 0.25) is 10.0 Å². The molecular formula is C22H26N2O5S2. The molecule has 1 saturated carbocycles. The molecule has 1 amide bonds. The lowest BCUT2D eigenvalue weighted by Gasteiger charge is -2.40. The molecule has 0 unspecified atom stereocenters. The van der Waals surface area contributed by atoms with E-state index in [0.29, 0.717) is 22.9 Å². The highest BCUT2D eigenvalue weighted by Crippen LogP contribution is 2.47. The highest BCUT2D eigenvalue weighted by atomic mass is 32.2. The summed E-state index contributed by atoms with van der Waals surface area (Å²) in [5.41, 5.74) is 2.08. The number of benzene rings is 1. The van der Waals surface area contributed by atoms with E-state index < -0.39 is 10.0 Å². The average Bonchev–Trinajstić information content (AvgIpc) is 3.24. The van der Waals surface area contributed by atoms with Gasteiger partial charge in [-0.25, -0.2) is 8.42 Å². The molecule has 0 spiro atoms. The number of ether oxygens (including phenoxy) is 2. The molecule has 3 heterocycles. The third-order valence-electron chi connectivity index (χ3n) is 6.47. The fourth-order valence-corrected chi connectivity index (χ4v) is 7.41. The number of sulfonamides is 1. The number of carbonyl (C=O) groups excluding carboxylic acids is 1. The number of aryl methyl sites for hydroxylation is 1. The number of rotatable bonds is 4. The molecule has 5 rings (SSSR count). The van der Waals surface area contributed by atoms with Gasteiger partial charge in [-0.15, -0.1) is 11.3 Å². The maximum atomic E-state index is 13.4. The molecule has 2 aromatic rings. The molecule has 3 aliphatic rings. The minimum absolute atomic E-state index is 0.0669. The molecule has 1 N–H and O–H groups in total. The van der Waals surface area contributed by atoms with Crippen molar-refractivity contribution in [1.29, 1.82) is 0 Å². The predicted octanol–water partition coefficient (Wildman–Crippen LogP) is 3.81. The summed E-state index contributed by atoms with van der Waals surface area (Å²) in [5, 5.41) is 4.78. The third kappa shape index (κ3) is 3.67. The van der Waals surface area contributed by atoms with Crippen molar-refractivity contribution >= 4 is 33.0 Å². The summed E-state index contributed by atoms with van der Waals surface area (Å²) in [5.74, 6) is 0.629. The molecule has 1 aliphatic carbocycles. The number of nitrogens with zero attached hydrogens (tertiary/aromatic N) is 1. The summed E-state index contributed by atoms with van der Waals surface area (Å²) in [4.78, 5) is 13.2. The summed E-state index contributed by atoms with van der Waals surface area (Å²) in [6.07, 6.45) is 4.43. The fourth-order valence-electron chi connectivity index (χ4n) is 4.87. The molecule has 3 atom stereocenters. The van der Waals surface area contributed by atoms with Gasteiger partial charge >= 0.3 is 0 Å². The van der Waals surface area contributed by atoms with Crippen molar-refractivity contribution in [1.82, 2.24) is 4.31 Å². The number of thiophene rings is 1. The number of anilines is 1. The standard InChI is InChI=1S/C22H26N2O5S2/c1-13-9-18-16(23-21(25)12-28-18)10-20(13)31(26,27)24(2)11-19-15-7-8-30-22(15)14-5-3-4-6-17(14)29-19/h7-10,14,17,19H,3-6,11-12H2,1-2H3,(H,23,25)/t14-,17+,19+/m0/s1. The summed E-state index contributed by atoms with van der Waals surface area (Å²) in [6.45, 7) is 1.92. The van der Waals surface area contributed by atoms with Crippen molar-refractivity contribution < 1.29 is 22.7 Å². The first-order valence-electron chi connectivity index (χ1n) is 10.6. The molecule has 0 radical (unpaired) electrons. The predicted molar refractivity (Wildman–Crippen MR) is 118 cm³/mol. The Hall–Kier alpha value is -1.94. The van der Waals surface area contributed by atoms with E-state index in [-0.39, 0.29) is 36.2 Å². The van der Waals surface area contributed by atoms with Crippen LogP contribution in [0.15, 0.2) is 28.5 Å². The van der Waals surface area contributed by atoms with Crippen LogP contribution in [-0.2, 0) is 19.6 Å². The van der Waals surface area contributed by atoms with Gasteiger partial charge in [0.15, 0.2) is 6.61 Å². The molecule has 9 heteroatoms. The highest BCUT2D eigenvalue weighted by Gasteiger charge is 2.39. The highest BCUT2D eigenvalue weighted by molar-refractivity contribution is 7.89. The average molecular weight is 463 g/mol. The van der Waals surface area contributed by atoms with E-state index in [1.807, 2.05) is 0 Å². The quantitative estimate of drug-likeness (QED) is 0.747. The number of nitrogens with one attached hydrogen (secondary N) is 1. The Bertz CT molecular complexity index is 1130. The van der Waals surface area contributed by atoms with E-state index in [9.17, 15) is 13.2 Å². The van der Waals surface area contributed by atoms with E-state index in [1.165, 1.54) is 21.7 Å².